The number of esters is 1. The zero-order valence-corrected chi connectivity index (χ0v) is 17.7. The molecule has 8 nitrogen and oxygen atoms in total. The highest BCUT2D eigenvalue weighted by atomic mass is 31.0. The monoisotopic (exact) mass is 432 g/mol. The van der Waals surface area contributed by atoms with Crippen LogP contribution < -0.4 is 15.9 Å². The molecule has 2 rings (SSSR count). The van der Waals surface area contributed by atoms with E-state index in [1.54, 1.807) is 19.1 Å². The van der Waals surface area contributed by atoms with Crippen molar-refractivity contribution in [1.82, 2.24) is 10.6 Å². The lowest BCUT2D eigenvalue weighted by Crippen LogP contribution is -2.47. The summed E-state index contributed by atoms with van der Waals surface area (Å²) in [5.41, 5.74) is 1.55. The highest BCUT2D eigenvalue weighted by Gasteiger charge is 2.23. The summed E-state index contributed by atoms with van der Waals surface area (Å²) in [7, 11) is 2.39. The second kappa shape index (κ2) is 11.8. The number of nitrogens with one attached hydrogen (secondary N) is 2. The maximum absolute atomic E-state index is 12.2. The predicted octanol–water partition coefficient (Wildman–Crippen LogP) is 1.41. The van der Waals surface area contributed by atoms with Gasteiger partial charge in [-0.25, -0.2) is 9.59 Å². The Labute approximate surface area is 177 Å². The molecule has 0 spiro atoms. The zero-order valence-electron chi connectivity index (χ0n) is 16.6. The number of carbonyl (C=O) groups is 3. The van der Waals surface area contributed by atoms with E-state index in [0.29, 0.717) is 5.30 Å². The zero-order chi connectivity index (χ0) is 21.9. The number of phenolic OH excluding ortho intramolecular Hbond substituents is 1. The van der Waals surface area contributed by atoms with Crippen molar-refractivity contribution in [2.45, 2.75) is 26.0 Å². The van der Waals surface area contributed by atoms with Crippen LogP contribution in [0.1, 0.15) is 18.1 Å². The van der Waals surface area contributed by atoms with Gasteiger partial charge in [0.1, 0.15) is 24.9 Å². The second-order valence-corrected chi connectivity index (χ2v) is 7.01. The van der Waals surface area contributed by atoms with E-state index in [4.69, 9.17) is 9.47 Å². The van der Waals surface area contributed by atoms with Gasteiger partial charge in [0.25, 0.3) is 0 Å². The van der Waals surface area contributed by atoms with E-state index in [9.17, 15) is 19.5 Å². The third-order valence-corrected chi connectivity index (χ3v) is 4.51. The van der Waals surface area contributed by atoms with Gasteiger partial charge < -0.3 is 25.2 Å². The number of carbonyl (C=O) groups excluding carboxylic acids is 3. The van der Waals surface area contributed by atoms with Gasteiger partial charge >= 0.3 is 12.1 Å². The number of amides is 2. The SMILES string of the molecule is CCOC(=O)[C@H](Cc1ccc(O)c(P)c1)NC(=O)CNC(=O)OCc1ccccc1. The summed E-state index contributed by atoms with van der Waals surface area (Å²) < 4.78 is 10.1. The first-order chi connectivity index (χ1) is 14.4. The fourth-order valence-corrected chi connectivity index (χ4v) is 2.89. The van der Waals surface area contributed by atoms with Crippen LogP contribution in [-0.4, -0.2) is 42.3 Å². The molecule has 0 heterocycles. The van der Waals surface area contributed by atoms with E-state index in [-0.39, 0.29) is 31.9 Å². The Bertz CT molecular complexity index is 875. The third kappa shape index (κ3) is 7.72. The molecule has 0 radical (unpaired) electrons. The van der Waals surface area contributed by atoms with Crippen LogP contribution in [0.2, 0.25) is 0 Å². The van der Waals surface area contributed by atoms with Crippen molar-refractivity contribution in [3.05, 3.63) is 59.7 Å². The van der Waals surface area contributed by atoms with E-state index in [2.05, 4.69) is 19.9 Å². The molecular formula is C21H25N2O6P. The van der Waals surface area contributed by atoms with Crippen molar-refractivity contribution in [1.29, 1.82) is 0 Å². The van der Waals surface area contributed by atoms with E-state index >= 15 is 0 Å². The molecule has 2 aromatic carbocycles. The van der Waals surface area contributed by atoms with Crippen LogP contribution in [0.3, 0.4) is 0 Å². The molecular weight excluding hydrogens is 407 g/mol. The normalized spacial score (nSPS) is 11.3. The molecule has 0 aliphatic rings. The van der Waals surface area contributed by atoms with Crippen molar-refractivity contribution in [2.75, 3.05) is 13.2 Å². The lowest BCUT2D eigenvalue weighted by Gasteiger charge is -2.18. The predicted molar refractivity (Wildman–Crippen MR) is 114 cm³/mol. The number of phenols is 1. The molecule has 2 atom stereocenters. The van der Waals surface area contributed by atoms with Gasteiger partial charge in [-0.15, -0.1) is 9.24 Å². The molecule has 0 bridgehead atoms. The van der Waals surface area contributed by atoms with Crippen LogP contribution in [-0.2, 0) is 32.1 Å². The second-order valence-electron chi connectivity index (χ2n) is 6.38. The van der Waals surface area contributed by atoms with Crippen LogP contribution >= 0.6 is 9.24 Å². The number of hydrogen-bond acceptors (Lipinski definition) is 6. The van der Waals surface area contributed by atoms with Crippen LogP contribution in [0, 0.1) is 0 Å². The van der Waals surface area contributed by atoms with Crippen molar-refractivity contribution in [3.8, 4) is 5.75 Å². The summed E-state index contributed by atoms with van der Waals surface area (Å²) in [6.07, 6.45) is -0.571. The molecule has 0 saturated carbocycles. The smallest absolute Gasteiger partial charge is 0.407 e. The summed E-state index contributed by atoms with van der Waals surface area (Å²) in [6.45, 7) is 1.56. The Morgan fingerprint density at radius 2 is 1.80 bits per heavy atom. The number of aromatic hydroxyl groups is 1. The fourth-order valence-electron chi connectivity index (χ4n) is 2.57. The average molecular weight is 432 g/mol. The topological polar surface area (TPSA) is 114 Å². The fraction of sp³-hybridized carbons (Fsp3) is 0.286. The van der Waals surface area contributed by atoms with Crippen molar-refractivity contribution >= 4 is 32.5 Å². The maximum atomic E-state index is 12.2. The molecule has 1 unspecified atom stereocenters. The van der Waals surface area contributed by atoms with Crippen molar-refractivity contribution in [2.24, 2.45) is 0 Å². The summed E-state index contributed by atoms with van der Waals surface area (Å²) >= 11 is 0. The molecule has 0 saturated heterocycles. The first kappa shape index (κ1) is 23.2. The number of benzene rings is 2. The number of ether oxygens (including phenoxy) is 2. The van der Waals surface area contributed by atoms with Gasteiger partial charge in [-0.05, 0) is 30.2 Å². The molecule has 0 fully saturated rings. The molecule has 0 aliphatic heterocycles. The third-order valence-electron chi connectivity index (χ3n) is 4.04. The van der Waals surface area contributed by atoms with Gasteiger partial charge in [-0.2, -0.15) is 0 Å². The number of hydrogen-bond donors (Lipinski definition) is 3. The Morgan fingerprint density at radius 3 is 2.47 bits per heavy atom. The van der Waals surface area contributed by atoms with Gasteiger partial charge in [-0.3, -0.25) is 4.79 Å². The molecule has 2 aromatic rings. The van der Waals surface area contributed by atoms with Gasteiger partial charge in [0.2, 0.25) is 5.91 Å². The van der Waals surface area contributed by atoms with E-state index in [1.165, 1.54) is 6.07 Å². The van der Waals surface area contributed by atoms with E-state index < -0.39 is 24.0 Å². The van der Waals surface area contributed by atoms with Gasteiger partial charge in [-0.1, -0.05) is 36.4 Å². The summed E-state index contributed by atoms with van der Waals surface area (Å²) in [4.78, 5) is 36.2. The minimum Gasteiger partial charge on any atom is -0.507 e. The lowest BCUT2D eigenvalue weighted by atomic mass is 10.1. The van der Waals surface area contributed by atoms with Gasteiger partial charge in [0, 0.05) is 11.7 Å². The van der Waals surface area contributed by atoms with E-state index in [1.807, 2.05) is 30.3 Å². The van der Waals surface area contributed by atoms with Crippen molar-refractivity contribution < 1.29 is 29.0 Å². The quantitative estimate of drug-likeness (QED) is 0.408. The van der Waals surface area contributed by atoms with Crippen molar-refractivity contribution in [3.63, 3.8) is 0 Å². The Hall–Kier alpha value is -3.12. The van der Waals surface area contributed by atoms with E-state index in [0.717, 1.165) is 11.1 Å². The standard InChI is InChI=1S/C21H25N2O6P/c1-2-28-20(26)16(10-15-8-9-17(24)18(30)11-15)23-19(25)12-22-21(27)29-13-14-6-4-3-5-7-14/h3-9,11,16,24H,2,10,12-13,30H2,1H3,(H,22,27)(H,23,25)/t16-/m0/s1. The van der Waals surface area contributed by atoms with Crippen LogP contribution in [0.15, 0.2) is 48.5 Å². The first-order valence-corrected chi connectivity index (χ1v) is 9.94. The summed E-state index contributed by atoms with van der Waals surface area (Å²) in [6, 6.07) is 13.0. The Morgan fingerprint density at radius 1 is 1.07 bits per heavy atom. The molecule has 9 heteroatoms. The highest BCUT2D eigenvalue weighted by molar-refractivity contribution is 7.27. The molecule has 0 aromatic heterocycles. The Kier molecular flexibility index (Phi) is 9.09. The highest BCUT2D eigenvalue weighted by Crippen LogP contribution is 2.13. The lowest BCUT2D eigenvalue weighted by molar-refractivity contribution is -0.147. The maximum Gasteiger partial charge on any atom is 0.407 e. The van der Waals surface area contributed by atoms with Crippen LogP contribution in [0.4, 0.5) is 4.79 Å². The molecule has 3 N–H and O–H groups in total. The molecule has 2 amide bonds. The summed E-state index contributed by atoms with van der Waals surface area (Å²) in [5, 5.41) is 15.1. The summed E-state index contributed by atoms with van der Waals surface area (Å²) in [5.74, 6) is -1.04. The first-order valence-electron chi connectivity index (χ1n) is 9.37. The number of alkyl carbamates (subject to hydrolysis) is 1. The molecule has 0 aliphatic carbocycles. The van der Waals surface area contributed by atoms with Crippen LogP contribution in [0.25, 0.3) is 0 Å². The average Bonchev–Trinajstić information content (AvgIpc) is 2.73. The largest absolute Gasteiger partial charge is 0.507 e. The number of rotatable bonds is 9. The van der Waals surface area contributed by atoms with Gasteiger partial charge in [0.15, 0.2) is 0 Å². The van der Waals surface area contributed by atoms with Crippen LogP contribution in [0.5, 0.6) is 5.75 Å². The minimum atomic E-state index is -0.937. The molecule has 160 valence electrons. The molecule has 30 heavy (non-hydrogen) atoms. The van der Waals surface area contributed by atoms with Gasteiger partial charge in [0.05, 0.1) is 6.61 Å². The minimum absolute atomic E-state index is 0.0813. The Balaban J connectivity index is 1.87.